The third-order valence-electron chi connectivity index (χ3n) is 3.96. The van der Waals surface area contributed by atoms with Gasteiger partial charge in [0.2, 0.25) is 5.78 Å². The van der Waals surface area contributed by atoms with E-state index in [9.17, 15) is 14.0 Å². The molecule has 6 heteroatoms. The van der Waals surface area contributed by atoms with E-state index in [0.29, 0.717) is 17.8 Å². The third-order valence-corrected chi connectivity index (χ3v) is 3.96. The maximum atomic E-state index is 13.0. The van der Waals surface area contributed by atoms with Gasteiger partial charge < -0.3 is 14.5 Å². The van der Waals surface area contributed by atoms with E-state index in [4.69, 9.17) is 9.15 Å². The van der Waals surface area contributed by atoms with E-state index in [1.807, 2.05) is 6.07 Å². The smallest absolute Gasteiger partial charge is 0.340 e. The van der Waals surface area contributed by atoms with Crippen LogP contribution in [0.2, 0.25) is 0 Å². The van der Waals surface area contributed by atoms with Crippen molar-refractivity contribution in [1.82, 2.24) is 0 Å². The number of ether oxygens (including phenoxy) is 1. The van der Waals surface area contributed by atoms with Gasteiger partial charge in [0.1, 0.15) is 11.6 Å². The molecular formula is C21H18FNO4. The van der Waals surface area contributed by atoms with Crippen molar-refractivity contribution in [3.05, 3.63) is 89.6 Å². The minimum atomic E-state index is -0.999. The molecule has 3 aromatic rings. The van der Waals surface area contributed by atoms with Crippen LogP contribution < -0.4 is 5.32 Å². The number of furan rings is 1. The lowest BCUT2D eigenvalue weighted by atomic mass is 10.1. The largest absolute Gasteiger partial charge is 0.467 e. The Morgan fingerprint density at radius 3 is 2.52 bits per heavy atom. The fourth-order valence-electron chi connectivity index (χ4n) is 2.54. The number of halogens is 1. The molecule has 1 heterocycles. The van der Waals surface area contributed by atoms with Crippen molar-refractivity contribution in [3.63, 3.8) is 0 Å². The standard InChI is InChI=1S/C21H18FNO4/c1-14(20(24)15-8-10-16(22)11-9-15)27-21(25)18-6-2-3-7-19(18)23-13-17-5-4-12-26-17/h2-12,14,23H,13H2,1H3. The summed E-state index contributed by atoms with van der Waals surface area (Å²) in [4.78, 5) is 24.9. The zero-order valence-corrected chi connectivity index (χ0v) is 14.6. The Morgan fingerprint density at radius 2 is 1.81 bits per heavy atom. The molecule has 1 N–H and O–H groups in total. The highest BCUT2D eigenvalue weighted by Crippen LogP contribution is 2.19. The van der Waals surface area contributed by atoms with Gasteiger partial charge in [-0.05, 0) is 55.5 Å². The number of nitrogens with one attached hydrogen (secondary N) is 1. The molecule has 5 nitrogen and oxygen atoms in total. The molecule has 0 amide bonds. The first-order valence-corrected chi connectivity index (χ1v) is 8.40. The van der Waals surface area contributed by atoms with Gasteiger partial charge in [0, 0.05) is 11.3 Å². The van der Waals surface area contributed by atoms with Crippen molar-refractivity contribution < 1.29 is 23.1 Å². The van der Waals surface area contributed by atoms with Gasteiger partial charge in [0.25, 0.3) is 0 Å². The van der Waals surface area contributed by atoms with Crippen LogP contribution in [0.4, 0.5) is 10.1 Å². The molecule has 0 bridgehead atoms. The number of esters is 1. The molecular weight excluding hydrogens is 349 g/mol. The average Bonchev–Trinajstić information content (AvgIpc) is 3.20. The van der Waals surface area contributed by atoms with Gasteiger partial charge in [-0.3, -0.25) is 4.79 Å². The van der Waals surface area contributed by atoms with E-state index in [1.54, 1.807) is 36.6 Å². The van der Waals surface area contributed by atoms with Crippen molar-refractivity contribution in [2.45, 2.75) is 19.6 Å². The summed E-state index contributed by atoms with van der Waals surface area (Å²) < 4.78 is 23.6. The second-order valence-electron chi connectivity index (χ2n) is 5.90. The van der Waals surface area contributed by atoms with Gasteiger partial charge in [0.05, 0.1) is 18.4 Å². The topological polar surface area (TPSA) is 68.5 Å². The van der Waals surface area contributed by atoms with E-state index in [2.05, 4.69) is 5.32 Å². The molecule has 0 aliphatic heterocycles. The highest BCUT2D eigenvalue weighted by molar-refractivity contribution is 6.02. The van der Waals surface area contributed by atoms with Gasteiger partial charge in [-0.15, -0.1) is 0 Å². The first kappa shape index (κ1) is 18.4. The van der Waals surface area contributed by atoms with Crippen LogP contribution in [-0.4, -0.2) is 17.9 Å². The van der Waals surface area contributed by atoms with Crippen LogP contribution in [0.15, 0.2) is 71.3 Å². The van der Waals surface area contributed by atoms with Crippen molar-refractivity contribution in [3.8, 4) is 0 Å². The summed E-state index contributed by atoms with van der Waals surface area (Å²) in [5.41, 5.74) is 1.16. The summed E-state index contributed by atoms with van der Waals surface area (Å²) in [5.74, 6) is -0.740. The zero-order valence-electron chi connectivity index (χ0n) is 14.6. The number of hydrogen-bond acceptors (Lipinski definition) is 5. The van der Waals surface area contributed by atoms with Gasteiger partial charge in [-0.25, -0.2) is 9.18 Å². The summed E-state index contributed by atoms with van der Waals surface area (Å²) in [6.07, 6.45) is 0.570. The van der Waals surface area contributed by atoms with Crippen LogP contribution in [0.1, 0.15) is 33.4 Å². The fraction of sp³-hybridized carbons (Fsp3) is 0.143. The van der Waals surface area contributed by atoms with Crippen LogP contribution in [0.3, 0.4) is 0 Å². The summed E-state index contributed by atoms with van der Waals surface area (Å²) in [7, 11) is 0. The predicted molar refractivity (Wildman–Crippen MR) is 98.1 cm³/mol. The number of Topliss-reactive ketones (excluding diaryl/α,β-unsaturated/α-hetero) is 1. The molecule has 3 rings (SSSR count). The Morgan fingerprint density at radius 1 is 1.07 bits per heavy atom. The van der Waals surface area contributed by atoms with Crippen LogP contribution in [0.25, 0.3) is 0 Å². The zero-order chi connectivity index (χ0) is 19.2. The molecule has 0 radical (unpaired) electrons. The minimum absolute atomic E-state index is 0.279. The fourth-order valence-corrected chi connectivity index (χ4v) is 2.54. The van der Waals surface area contributed by atoms with Crippen LogP contribution >= 0.6 is 0 Å². The number of para-hydroxylation sites is 1. The van der Waals surface area contributed by atoms with Crippen LogP contribution in [0, 0.1) is 5.82 Å². The normalized spacial score (nSPS) is 11.6. The van der Waals surface area contributed by atoms with Crippen molar-refractivity contribution in [2.75, 3.05) is 5.32 Å². The molecule has 0 aliphatic rings. The monoisotopic (exact) mass is 367 g/mol. The van der Waals surface area contributed by atoms with E-state index >= 15 is 0 Å². The summed E-state index contributed by atoms with van der Waals surface area (Å²) in [5, 5.41) is 3.12. The van der Waals surface area contributed by atoms with E-state index in [0.717, 1.165) is 5.76 Å². The highest BCUT2D eigenvalue weighted by atomic mass is 19.1. The second kappa shape index (κ2) is 8.31. The Hall–Kier alpha value is -3.41. The van der Waals surface area contributed by atoms with Gasteiger partial charge >= 0.3 is 5.97 Å². The van der Waals surface area contributed by atoms with Crippen molar-refractivity contribution in [2.24, 2.45) is 0 Å². The van der Waals surface area contributed by atoms with E-state index in [1.165, 1.54) is 31.2 Å². The predicted octanol–water partition coefficient (Wildman–Crippen LogP) is 4.46. The summed E-state index contributed by atoms with van der Waals surface area (Å²) in [6, 6.07) is 15.5. The molecule has 0 fully saturated rings. The number of hydrogen-bond donors (Lipinski definition) is 1. The Bertz CT molecular complexity index is 920. The second-order valence-corrected chi connectivity index (χ2v) is 5.90. The number of rotatable bonds is 7. The third kappa shape index (κ3) is 4.61. The molecule has 1 atom stereocenters. The lowest BCUT2D eigenvalue weighted by molar-refractivity contribution is 0.0319. The van der Waals surface area contributed by atoms with Crippen LogP contribution in [0.5, 0.6) is 0 Å². The molecule has 0 saturated carbocycles. The summed E-state index contributed by atoms with van der Waals surface area (Å²) >= 11 is 0. The van der Waals surface area contributed by atoms with Crippen molar-refractivity contribution >= 4 is 17.4 Å². The van der Waals surface area contributed by atoms with Gasteiger partial charge in [-0.1, -0.05) is 12.1 Å². The first-order chi connectivity index (χ1) is 13.0. The highest BCUT2D eigenvalue weighted by Gasteiger charge is 2.22. The summed E-state index contributed by atoms with van der Waals surface area (Å²) in [6.45, 7) is 1.89. The molecule has 1 unspecified atom stereocenters. The Balaban J connectivity index is 1.68. The Labute approximate surface area is 155 Å². The van der Waals surface area contributed by atoms with E-state index < -0.39 is 23.7 Å². The first-order valence-electron chi connectivity index (χ1n) is 8.40. The lowest BCUT2D eigenvalue weighted by Gasteiger charge is -2.15. The molecule has 0 aliphatic carbocycles. The lowest BCUT2D eigenvalue weighted by Crippen LogP contribution is -2.25. The molecule has 138 valence electrons. The number of carbonyl (C=O) groups is 2. The maximum absolute atomic E-state index is 13.0. The minimum Gasteiger partial charge on any atom is -0.467 e. The average molecular weight is 367 g/mol. The number of ketones is 1. The van der Waals surface area contributed by atoms with Crippen LogP contribution in [-0.2, 0) is 11.3 Å². The Kier molecular flexibility index (Phi) is 5.66. The maximum Gasteiger partial charge on any atom is 0.340 e. The number of carbonyl (C=O) groups excluding carboxylic acids is 2. The van der Waals surface area contributed by atoms with Gasteiger partial charge in [-0.2, -0.15) is 0 Å². The quantitative estimate of drug-likeness (QED) is 0.493. The molecule has 0 spiro atoms. The van der Waals surface area contributed by atoms with Gasteiger partial charge in [0.15, 0.2) is 6.10 Å². The molecule has 1 aromatic heterocycles. The number of benzene rings is 2. The SMILES string of the molecule is CC(OC(=O)c1ccccc1NCc1ccco1)C(=O)c1ccc(F)cc1. The molecule has 2 aromatic carbocycles. The molecule has 0 saturated heterocycles. The molecule has 27 heavy (non-hydrogen) atoms. The van der Waals surface area contributed by atoms with E-state index in [-0.39, 0.29) is 5.56 Å². The number of anilines is 1. The van der Waals surface area contributed by atoms with Crippen molar-refractivity contribution in [1.29, 1.82) is 0 Å².